The summed E-state index contributed by atoms with van der Waals surface area (Å²) in [5, 5.41) is 10.7. The largest absolute Gasteiger partial charge is 0.444 e. The predicted octanol–water partition coefficient (Wildman–Crippen LogP) is 2.84. The van der Waals surface area contributed by atoms with Gasteiger partial charge < -0.3 is 30.9 Å². The zero-order valence-electron chi connectivity index (χ0n) is 28.5. The second-order valence-corrected chi connectivity index (χ2v) is 14.7. The first-order chi connectivity index (χ1) is 22.1. The average molecular weight is 654 g/mol. The molecule has 1 heterocycles. The minimum atomic E-state index is -1.12. The maximum atomic E-state index is 14.2. The Hall–Kier alpha value is -3.96. The lowest BCUT2D eigenvalue weighted by atomic mass is 9.94. The van der Waals surface area contributed by atoms with E-state index < -0.39 is 53.3 Å². The third kappa shape index (κ3) is 8.90. The van der Waals surface area contributed by atoms with Gasteiger partial charge in [0.1, 0.15) is 17.7 Å². The Labute approximate surface area is 277 Å². The van der Waals surface area contributed by atoms with E-state index in [1.165, 1.54) is 0 Å². The Morgan fingerprint density at radius 3 is 2.26 bits per heavy atom. The second-order valence-electron chi connectivity index (χ2n) is 14.7. The summed E-state index contributed by atoms with van der Waals surface area (Å²) >= 11 is 0. The van der Waals surface area contributed by atoms with E-state index in [-0.39, 0.29) is 48.6 Å². The molecule has 12 heteroatoms. The number of likely N-dealkylation sites (tertiary alicyclic amines) is 1. The summed E-state index contributed by atoms with van der Waals surface area (Å²) in [7, 11) is 0. The van der Waals surface area contributed by atoms with Gasteiger partial charge in [0.2, 0.25) is 23.5 Å². The van der Waals surface area contributed by atoms with Crippen molar-refractivity contribution in [3.8, 4) is 0 Å². The first kappa shape index (κ1) is 35.9. The van der Waals surface area contributed by atoms with Crippen LogP contribution in [0.3, 0.4) is 0 Å². The summed E-state index contributed by atoms with van der Waals surface area (Å²) in [5.41, 5.74) is -0.0342. The van der Waals surface area contributed by atoms with E-state index in [4.69, 9.17) is 4.74 Å². The zero-order chi connectivity index (χ0) is 34.5. The quantitative estimate of drug-likeness (QED) is 0.238. The molecule has 3 aliphatic rings. The summed E-state index contributed by atoms with van der Waals surface area (Å²) in [6.07, 6.45) is 3.50. The van der Waals surface area contributed by atoms with Crippen molar-refractivity contribution in [3.05, 3.63) is 35.9 Å². The number of Topliss-reactive ketones (excluding diaryl/α,β-unsaturated/α-hetero) is 1. The SMILES string of the molecule is CCCC(NC(=O)[C@@H]1C2C(CN1C(=O)[C@@H](NC(=O)OC(C)(C)C)C1CCCC1)C2(C)C)C(=O)C(=O)NCC(=O)NCc1ccccc1. The van der Waals surface area contributed by atoms with Crippen LogP contribution >= 0.6 is 0 Å². The summed E-state index contributed by atoms with van der Waals surface area (Å²) in [6, 6.07) is 6.47. The summed E-state index contributed by atoms with van der Waals surface area (Å²) in [4.78, 5) is 80.9. The number of nitrogens with one attached hydrogen (secondary N) is 4. The molecule has 2 saturated carbocycles. The molecule has 0 bridgehead atoms. The number of alkyl carbamates (subject to hydrolysis) is 1. The summed E-state index contributed by atoms with van der Waals surface area (Å²) in [6.45, 7) is 11.5. The molecule has 3 unspecified atom stereocenters. The standard InChI is InChI=1S/C35H51N5O7/c1-7-13-24(29(42)31(44)37-19-25(41)36-18-21-14-9-8-10-15-21)38-30(43)28-26-23(35(26,5)6)20-40(28)32(45)27(22-16-11-12-17-22)39-33(46)47-34(2,3)4/h8-10,14-15,22-24,26-28H,7,11-13,16-20H2,1-6H3,(H,36,41)(H,37,44)(H,38,43)(H,39,46)/t23?,24?,26?,27-,28-/m0/s1. The van der Waals surface area contributed by atoms with Crippen molar-refractivity contribution in [3.63, 3.8) is 0 Å². The molecular formula is C35H51N5O7. The van der Waals surface area contributed by atoms with E-state index in [1.807, 2.05) is 37.3 Å². The number of carbonyl (C=O) groups is 6. The number of amides is 5. The molecule has 4 N–H and O–H groups in total. The number of fused-ring (bicyclic) bond motifs is 1. The van der Waals surface area contributed by atoms with Crippen molar-refractivity contribution in [1.82, 2.24) is 26.2 Å². The number of ether oxygens (including phenoxy) is 1. The number of benzene rings is 1. The van der Waals surface area contributed by atoms with Gasteiger partial charge in [-0.05, 0) is 68.8 Å². The first-order valence-electron chi connectivity index (χ1n) is 16.9. The van der Waals surface area contributed by atoms with Crippen LogP contribution in [0.1, 0.15) is 85.6 Å². The van der Waals surface area contributed by atoms with Crippen molar-refractivity contribution >= 4 is 35.5 Å². The molecule has 5 atom stereocenters. The highest BCUT2D eigenvalue weighted by Crippen LogP contribution is 2.65. The van der Waals surface area contributed by atoms with Crippen LogP contribution in [-0.4, -0.2) is 77.2 Å². The second kappa shape index (κ2) is 14.9. The van der Waals surface area contributed by atoms with Gasteiger partial charge in [-0.15, -0.1) is 0 Å². The van der Waals surface area contributed by atoms with E-state index in [0.717, 1.165) is 31.2 Å². The van der Waals surface area contributed by atoms with Gasteiger partial charge in [0, 0.05) is 13.1 Å². The minimum absolute atomic E-state index is 0.0772. The van der Waals surface area contributed by atoms with Crippen molar-refractivity contribution < 1.29 is 33.5 Å². The summed E-state index contributed by atoms with van der Waals surface area (Å²) in [5.74, 6) is -3.22. The normalized spacial score (nSPS) is 22.8. The lowest BCUT2D eigenvalue weighted by molar-refractivity contribution is -0.145. The lowest BCUT2D eigenvalue weighted by Crippen LogP contribution is -2.59. The molecule has 1 aliphatic heterocycles. The highest BCUT2D eigenvalue weighted by Gasteiger charge is 2.69. The maximum Gasteiger partial charge on any atom is 0.408 e. The number of carbonyl (C=O) groups excluding carboxylic acids is 6. The first-order valence-corrected chi connectivity index (χ1v) is 16.9. The molecule has 1 saturated heterocycles. The van der Waals surface area contributed by atoms with Crippen molar-refractivity contribution in [1.29, 1.82) is 0 Å². The number of rotatable bonds is 13. The Kier molecular flexibility index (Phi) is 11.3. The molecule has 12 nitrogen and oxygen atoms in total. The van der Waals surface area contributed by atoms with Gasteiger partial charge >= 0.3 is 6.09 Å². The molecule has 3 fully saturated rings. The molecular weight excluding hydrogens is 602 g/mol. The van der Waals surface area contributed by atoms with Gasteiger partial charge in [0.15, 0.2) is 0 Å². The monoisotopic (exact) mass is 653 g/mol. The number of ketones is 1. The highest BCUT2D eigenvalue weighted by molar-refractivity contribution is 6.38. The topological polar surface area (TPSA) is 163 Å². The van der Waals surface area contributed by atoms with Crippen LogP contribution in [0, 0.1) is 23.2 Å². The van der Waals surface area contributed by atoms with Gasteiger partial charge in [0.25, 0.3) is 5.91 Å². The van der Waals surface area contributed by atoms with Crippen LogP contribution in [0.2, 0.25) is 0 Å². The molecule has 1 aromatic rings. The molecule has 5 amide bonds. The fourth-order valence-corrected chi connectivity index (χ4v) is 7.18. The number of hydrogen-bond donors (Lipinski definition) is 4. The Morgan fingerprint density at radius 1 is 0.979 bits per heavy atom. The van der Waals surface area contributed by atoms with Crippen LogP contribution in [-0.2, 0) is 35.3 Å². The molecule has 2 aliphatic carbocycles. The van der Waals surface area contributed by atoms with E-state index in [2.05, 4.69) is 35.1 Å². The third-order valence-corrected chi connectivity index (χ3v) is 9.75. The molecule has 0 spiro atoms. The van der Waals surface area contributed by atoms with Crippen LogP contribution in [0.4, 0.5) is 4.79 Å². The maximum absolute atomic E-state index is 14.2. The van der Waals surface area contributed by atoms with E-state index in [1.54, 1.807) is 25.7 Å². The fourth-order valence-electron chi connectivity index (χ4n) is 7.18. The van der Waals surface area contributed by atoms with Gasteiger partial charge in [-0.3, -0.25) is 24.0 Å². The Balaban J connectivity index is 1.42. The molecule has 47 heavy (non-hydrogen) atoms. The van der Waals surface area contributed by atoms with E-state index >= 15 is 0 Å². The molecule has 0 radical (unpaired) electrons. The number of hydrogen-bond acceptors (Lipinski definition) is 7. The van der Waals surface area contributed by atoms with E-state index in [0.29, 0.717) is 13.0 Å². The zero-order valence-corrected chi connectivity index (χ0v) is 28.5. The number of nitrogens with zero attached hydrogens (tertiary/aromatic N) is 1. The lowest BCUT2D eigenvalue weighted by Gasteiger charge is -2.35. The minimum Gasteiger partial charge on any atom is -0.444 e. The van der Waals surface area contributed by atoms with Crippen molar-refractivity contribution in [2.24, 2.45) is 23.2 Å². The Morgan fingerprint density at radius 2 is 1.64 bits per heavy atom. The van der Waals surface area contributed by atoms with Crippen molar-refractivity contribution in [2.75, 3.05) is 13.1 Å². The molecule has 1 aromatic carbocycles. The van der Waals surface area contributed by atoms with E-state index in [9.17, 15) is 28.8 Å². The fraction of sp³-hybridized carbons (Fsp3) is 0.657. The van der Waals surface area contributed by atoms with Crippen LogP contribution in [0.15, 0.2) is 30.3 Å². The molecule has 4 rings (SSSR count). The van der Waals surface area contributed by atoms with Gasteiger partial charge in [-0.25, -0.2) is 4.79 Å². The van der Waals surface area contributed by atoms with Crippen LogP contribution < -0.4 is 21.3 Å². The Bertz CT molecular complexity index is 1340. The highest BCUT2D eigenvalue weighted by atomic mass is 16.6. The third-order valence-electron chi connectivity index (χ3n) is 9.75. The number of piperidine rings is 1. The van der Waals surface area contributed by atoms with Gasteiger partial charge in [0.05, 0.1) is 12.6 Å². The van der Waals surface area contributed by atoms with Gasteiger partial charge in [-0.1, -0.05) is 70.4 Å². The predicted molar refractivity (Wildman–Crippen MR) is 175 cm³/mol. The van der Waals surface area contributed by atoms with Crippen molar-refractivity contribution in [2.45, 2.75) is 110 Å². The van der Waals surface area contributed by atoms with Crippen LogP contribution in [0.5, 0.6) is 0 Å². The smallest absolute Gasteiger partial charge is 0.408 e. The average Bonchev–Trinajstić information content (AvgIpc) is 3.45. The summed E-state index contributed by atoms with van der Waals surface area (Å²) < 4.78 is 5.47. The molecule has 0 aromatic heterocycles. The van der Waals surface area contributed by atoms with Crippen LogP contribution in [0.25, 0.3) is 0 Å². The van der Waals surface area contributed by atoms with Gasteiger partial charge in [-0.2, -0.15) is 0 Å². The molecule has 258 valence electrons.